The Bertz CT molecular complexity index is 1080. The van der Waals surface area contributed by atoms with Gasteiger partial charge in [-0.15, -0.1) is 0 Å². The molecule has 0 aliphatic carbocycles. The molecule has 0 aliphatic rings. The lowest BCUT2D eigenvalue weighted by atomic mass is 10.2. The smallest absolute Gasteiger partial charge is 0.334 e. The third-order valence-corrected chi connectivity index (χ3v) is 4.10. The molecule has 0 fully saturated rings. The molecule has 0 aliphatic heterocycles. The summed E-state index contributed by atoms with van der Waals surface area (Å²) < 4.78 is 0. The molecule has 11 nitrogen and oxygen atoms in total. The minimum atomic E-state index is -0.623. The number of hydrogen-bond acceptors (Lipinski definition) is 9. The van der Waals surface area contributed by atoms with E-state index in [9.17, 15) is 20.2 Å². The number of halogens is 1. The predicted molar refractivity (Wildman–Crippen MR) is 108 cm³/mol. The summed E-state index contributed by atoms with van der Waals surface area (Å²) in [5.74, 6) is -0.117. The molecule has 0 atom stereocenters. The number of hydrogen-bond donors (Lipinski definition) is 3. The van der Waals surface area contributed by atoms with E-state index in [-0.39, 0.29) is 23.0 Å². The van der Waals surface area contributed by atoms with Crippen molar-refractivity contribution < 1.29 is 9.85 Å². The standard InChI is InChI=1S/C17H14ClN7O4/c1-10-2-3-11(18)8-14(10)21-16-15(25(28)29)17(20-9-19-16)23-22-12-4-6-13(7-5-12)24(26)27/h2-9,22H,1H3,(H2,19,20,21,23). The molecule has 0 bridgehead atoms. The summed E-state index contributed by atoms with van der Waals surface area (Å²) in [6.45, 7) is 1.82. The monoisotopic (exact) mass is 415 g/mol. The number of hydrazine groups is 1. The third-order valence-electron chi connectivity index (χ3n) is 3.86. The summed E-state index contributed by atoms with van der Waals surface area (Å²) in [7, 11) is 0. The zero-order chi connectivity index (χ0) is 21.0. The molecule has 148 valence electrons. The van der Waals surface area contributed by atoms with E-state index in [0.29, 0.717) is 16.4 Å². The highest BCUT2D eigenvalue weighted by Crippen LogP contribution is 2.33. The second-order valence-electron chi connectivity index (χ2n) is 5.81. The van der Waals surface area contributed by atoms with Crippen LogP contribution in [0.2, 0.25) is 5.02 Å². The Morgan fingerprint density at radius 3 is 2.28 bits per heavy atom. The van der Waals surface area contributed by atoms with Crippen molar-refractivity contribution in [2.75, 3.05) is 16.2 Å². The van der Waals surface area contributed by atoms with E-state index in [4.69, 9.17) is 11.6 Å². The van der Waals surface area contributed by atoms with E-state index in [0.717, 1.165) is 11.9 Å². The van der Waals surface area contributed by atoms with Crippen molar-refractivity contribution in [3.05, 3.63) is 79.6 Å². The maximum atomic E-state index is 11.6. The molecule has 0 radical (unpaired) electrons. The van der Waals surface area contributed by atoms with Crippen LogP contribution >= 0.6 is 11.6 Å². The van der Waals surface area contributed by atoms with Gasteiger partial charge < -0.3 is 5.32 Å². The van der Waals surface area contributed by atoms with Gasteiger partial charge in [0, 0.05) is 22.8 Å². The minimum absolute atomic E-state index is 0.0247. The average molecular weight is 416 g/mol. The fraction of sp³-hybridized carbons (Fsp3) is 0.0588. The van der Waals surface area contributed by atoms with Crippen LogP contribution in [0.15, 0.2) is 48.8 Å². The molecule has 3 aromatic rings. The summed E-state index contributed by atoms with van der Waals surface area (Å²) in [4.78, 5) is 29.1. The van der Waals surface area contributed by atoms with E-state index >= 15 is 0 Å². The molecular weight excluding hydrogens is 402 g/mol. The first-order valence-electron chi connectivity index (χ1n) is 8.14. The fourth-order valence-electron chi connectivity index (χ4n) is 2.39. The Morgan fingerprint density at radius 1 is 0.931 bits per heavy atom. The number of anilines is 4. The van der Waals surface area contributed by atoms with Gasteiger partial charge in [0.25, 0.3) is 5.69 Å². The molecule has 29 heavy (non-hydrogen) atoms. The molecule has 2 aromatic carbocycles. The SMILES string of the molecule is Cc1ccc(Cl)cc1Nc1ncnc(NNc2ccc([N+](=O)[O-])cc2)c1[N+](=O)[O-]. The van der Waals surface area contributed by atoms with Crippen LogP contribution in [0.3, 0.4) is 0 Å². The molecule has 0 amide bonds. The van der Waals surface area contributed by atoms with E-state index in [2.05, 4.69) is 26.1 Å². The van der Waals surface area contributed by atoms with Crippen LogP contribution in [-0.2, 0) is 0 Å². The molecule has 12 heteroatoms. The van der Waals surface area contributed by atoms with E-state index in [1.165, 1.54) is 24.3 Å². The second kappa shape index (κ2) is 8.35. The maximum Gasteiger partial charge on any atom is 0.355 e. The number of aromatic nitrogens is 2. The summed E-state index contributed by atoms with van der Waals surface area (Å²) in [5, 5.41) is 25.7. The van der Waals surface area contributed by atoms with Crippen molar-refractivity contribution in [2.45, 2.75) is 6.92 Å². The van der Waals surface area contributed by atoms with Gasteiger partial charge in [-0.05, 0) is 36.8 Å². The Labute approximate surface area is 169 Å². The molecular formula is C17H14ClN7O4. The summed E-state index contributed by atoms with van der Waals surface area (Å²) in [6.07, 6.45) is 1.16. The molecule has 3 N–H and O–H groups in total. The van der Waals surface area contributed by atoms with Crippen LogP contribution in [0.4, 0.5) is 34.4 Å². The van der Waals surface area contributed by atoms with Gasteiger partial charge in [-0.2, -0.15) is 0 Å². The van der Waals surface area contributed by atoms with E-state index < -0.39 is 9.85 Å². The third kappa shape index (κ3) is 4.65. The van der Waals surface area contributed by atoms with E-state index in [1.807, 2.05) is 6.92 Å². The molecule has 0 saturated heterocycles. The van der Waals surface area contributed by atoms with Gasteiger partial charge >= 0.3 is 5.69 Å². The highest BCUT2D eigenvalue weighted by atomic mass is 35.5. The van der Waals surface area contributed by atoms with Crippen molar-refractivity contribution in [3.63, 3.8) is 0 Å². The zero-order valence-electron chi connectivity index (χ0n) is 14.9. The highest BCUT2D eigenvalue weighted by molar-refractivity contribution is 6.30. The average Bonchev–Trinajstić information content (AvgIpc) is 2.69. The van der Waals surface area contributed by atoms with Gasteiger partial charge in [0.1, 0.15) is 6.33 Å². The largest absolute Gasteiger partial charge is 0.355 e. The van der Waals surface area contributed by atoms with Crippen LogP contribution in [0.25, 0.3) is 0 Å². The van der Waals surface area contributed by atoms with Gasteiger partial charge in [0.2, 0.25) is 11.6 Å². The van der Waals surface area contributed by atoms with Gasteiger partial charge in [-0.3, -0.25) is 31.1 Å². The van der Waals surface area contributed by atoms with Crippen LogP contribution < -0.4 is 16.2 Å². The van der Waals surface area contributed by atoms with Crippen molar-refractivity contribution >= 4 is 46.0 Å². The first kappa shape index (κ1) is 19.8. The first-order chi connectivity index (χ1) is 13.8. The van der Waals surface area contributed by atoms with Gasteiger partial charge in [-0.1, -0.05) is 17.7 Å². The molecule has 0 spiro atoms. The molecule has 0 saturated carbocycles. The van der Waals surface area contributed by atoms with Crippen molar-refractivity contribution in [1.82, 2.24) is 9.97 Å². The first-order valence-corrected chi connectivity index (χ1v) is 8.52. The number of aryl methyl sites for hydroxylation is 1. The minimum Gasteiger partial charge on any atom is -0.334 e. The number of non-ortho nitro benzene ring substituents is 1. The summed E-state index contributed by atoms with van der Waals surface area (Å²) in [6, 6.07) is 10.6. The van der Waals surface area contributed by atoms with Crippen molar-refractivity contribution in [3.8, 4) is 0 Å². The highest BCUT2D eigenvalue weighted by Gasteiger charge is 2.23. The summed E-state index contributed by atoms with van der Waals surface area (Å²) >= 11 is 5.99. The van der Waals surface area contributed by atoms with Gasteiger partial charge in [-0.25, -0.2) is 9.97 Å². The Kier molecular flexibility index (Phi) is 5.69. The molecule has 0 unspecified atom stereocenters. The lowest BCUT2D eigenvalue weighted by Crippen LogP contribution is -2.13. The lowest BCUT2D eigenvalue weighted by molar-refractivity contribution is -0.384. The van der Waals surface area contributed by atoms with Gasteiger partial charge in [0.15, 0.2) is 0 Å². The van der Waals surface area contributed by atoms with Crippen LogP contribution in [0, 0.1) is 27.2 Å². The van der Waals surface area contributed by atoms with Crippen LogP contribution in [-0.4, -0.2) is 19.8 Å². The number of nitrogens with zero attached hydrogens (tertiary/aromatic N) is 4. The molecule has 1 heterocycles. The number of nitro groups is 2. The fourth-order valence-corrected chi connectivity index (χ4v) is 2.56. The number of rotatable bonds is 7. The summed E-state index contributed by atoms with van der Waals surface area (Å²) in [5.41, 5.74) is 6.72. The quantitative estimate of drug-likeness (QED) is 0.376. The normalized spacial score (nSPS) is 10.3. The Balaban J connectivity index is 1.85. The Hall–Kier alpha value is -3.99. The topological polar surface area (TPSA) is 148 Å². The number of nitrogens with one attached hydrogen (secondary N) is 3. The Morgan fingerprint density at radius 2 is 1.62 bits per heavy atom. The van der Waals surface area contributed by atoms with Crippen LogP contribution in [0.5, 0.6) is 0 Å². The zero-order valence-corrected chi connectivity index (χ0v) is 15.7. The lowest BCUT2D eigenvalue weighted by Gasteiger charge is -2.12. The number of benzene rings is 2. The van der Waals surface area contributed by atoms with Crippen LogP contribution in [0.1, 0.15) is 5.56 Å². The second-order valence-corrected chi connectivity index (χ2v) is 6.25. The van der Waals surface area contributed by atoms with Crippen molar-refractivity contribution in [2.24, 2.45) is 0 Å². The predicted octanol–water partition coefficient (Wildman–Crippen LogP) is 4.44. The number of nitro benzene ring substituents is 1. The molecule has 3 rings (SSSR count). The maximum absolute atomic E-state index is 11.6. The van der Waals surface area contributed by atoms with Crippen molar-refractivity contribution in [1.29, 1.82) is 0 Å². The molecule has 1 aromatic heterocycles. The van der Waals surface area contributed by atoms with Gasteiger partial charge in [0.05, 0.1) is 15.5 Å². The van der Waals surface area contributed by atoms with E-state index in [1.54, 1.807) is 18.2 Å².